The van der Waals surface area contributed by atoms with Crippen LogP contribution in [0.15, 0.2) is 34.7 Å². The van der Waals surface area contributed by atoms with Gasteiger partial charge in [-0.05, 0) is 60.8 Å². The molecule has 1 aliphatic rings. The van der Waals surface area contributed by atoms with E-state index in [1.807, 2.05) is 0 Å². The molecule has 0 bridgehead atoms. The third-order valence-corrected chi connectivity index (χ3v) is 8.87. The van der Waals surface area contributed by atoms with Crippen molar-refractivity contribution in [1.29, 1.82) is 0 Å². The zero-order chi connectivity index (χ0) is 27.1. The molecule has 12 heteroatoms. The number of methoxy groups -OCH3 is 1. The first-order valence-electron chi connectivity index (χ1n) is 11.4. The number of ether oxygens (including phenoxy) is 1. The van der Waals surface area contributed by atoms with Gasteiger partial charge in [-0.15, -0.1) is 11.3 Å². The number of aromatic nitrogens is 1. The van der Waals surface area contributed by atoms with Crippen LogP contribution in [0.25, 0.3) is 10.6 Å². The van der Waals surface area contributed by atoms with Crippen LogP contribution < -0.4 is 9.46 Å². The van der Waals surface area contributed by atoms with Gasteiger partial charge in [0, 0.05) is 11.4 Å². The van der Waals surface area contributed by atoms with Gasteiger partial charge >= 0.3 is 5.97 Å². The van der Waals surface area contributed by atoms with E-state index in [1.165, 1.54) is 12.1 Å². The smallest absolute Gasteiger partial charge is 0.338 e. The molecule has 4 rings (SSSR count). The van der Waals surface area contributed by atoms with Crippen LogP contribution in [0.1, 0.15) is 61.4 Å². The molecule has 1 aromatic heterocycles. The number of nitrogens with zero attached hydrogens (tertiary/aromatic N) is 1. The second-order valence-corrected chi connectivity index (χ2v) is 12.2. The molecule has 3 aromatic rings. The van der Waals surface area contributed by atoms with Crippen LogP contribution >= 0.6 is 11.3 Å². The molecular formula is C25H25F3N2O5S2. The van der Waals surface area contributed by atoms with E-state index in [0.717, 1.165) is 55.6 Å². The molecule has 7 nitrogen and oxygen atoms in total. The quantitative estimate of drug-likeness (QED) is 0.349. The van der Waals surface area contributed by atoms with Crippen LogP contribution in [0.2, 0.25) is 0 Å². The van der Waals surface area contributed by atoms with Gasteiger partial charge in [0.25, 0.3) is 10.0 Å². The van der Waals surface area contributed by atoms with E-state index in [0.29, 0.717) is 11.6 Å². The SMILES string of the molecule is COc1cc(C(=O)O)c(F)cc1NS(=O)(=O)c1csc(-c2c(F)cc(C3CCC(C)(C)CC3)cc2F)n1. The number of nitrogens with one attached hydrogen (secondary N) is 1. The number of anilines is 1. The van der Waals surface area contributed by atoms with Crippen molar-refractivity contribution in [3.05, 3.63) is 58.2 Å². The summed E-state index contributed by atoms with van der Waals surface area (Å²) in [6.45, 7) is 4.35. The summed E-state index contributed by atoms with van der Waals surface area (Å²) in [4.78, 5) is 15.0. The Labute approximate surface area is 216 Å². The normalized spacial score (nSPS) is 15.9. The van der Waals surface area contributed by atoms with Crippen LogP contribution in [0.4, 0.5) is 18.9 Å². The second kappa shape index (κ2) is 9.97. The van der Waals surface area contributed by atoms with Gasteiger partial charge in [-0.2, -0.15) is 8.42 Å². The van der Waals surface area contributed by atoms with Crippen molar-refractivity contribution in [1.82, 2.24) is 4.98 Å². The standard InChI is InChI=1S/C25H25F3N2O5S2/c1-25(2)6-4-13(5-7-25)14-8-17(27)22(18(28)9-14)23-29-21(12-36-23)37(33,34)30-19-11-16(26)15(24(31)32)10-20(19)35-3/h8-13,30H,4-7H2,1-3H3,(H,31,32). The van der Waals surface area contributed by atoms with E-state index in [9.17, 15) is 17.6 Å². The van der Waals surface area contributed by atoms with Gasteiger partial charge in [-0.3, -0.25) is 4.72 Å². The van der Waals surface area contributed by atoms with Gasteiger partial charge in [0.05, 0.1) is 23.9 Å². The van der Waals surface area contributed by atoms with Crippen molar-refractivity contribution in [3.63, 3.8) is 0 Å². The van der Waals surface area contributed by atoms with E-state index in [1.54, 1.807) is 0 Å². The lowest BCUT2D eigenvalue weighted by molar-refractivity contribution is 0.0691. The highest BCUT2D eigenvalue weighted by Gasteiger charge is 2.30. The van der Waals surface area contributed by atoms with Crippen LogP contribution in [0.3, 0.4) is 0 Å². The molecule has 0 atom stereocenters. The highest BCUT2D eigenvalue weighted by Crippen LogP contribution is 2.43. The Kier molecular flexibility index (Phi) is 7.26. The van der Waals surface area contributed by atoms with E-state index >= 15 is 8.78 Å². The molecule has 0 radical (unpaired) electrons. The number of carbonyl (C=O) groups is 1. The molecule has 0 spiro atoms. The lowest BCUT2D eigenvalue weighted by Gasteiger charge is -2.34. The number of halogens is 3. The summed E-state index contributed by atoms with van der Waals surface area (Å²) >= 11 is 0.736. The fourth-order valence-electron chi connectivity index (χ4n) is 4.43. The Morgan fingerprint density at radius 2 is 1.73 bits per heavy atom. The van der Waals surface area contributed by atoms with Gasteiger partial charge in [0.2, 0.25) is 0 Å². The first kappa shape index (κ1) is 26.9. The number of benzene rings is 2. The number of thiazole rings is 1. The van der Waals surface area contributed by atoms with Crippen molar-refractivity contribution in [3.8, 4) is 16.3 Å². The topological polar surface area (TPSA) is 106 Å². The molecule has 1 fully saturated rings. The minimum Gasteiger partial charge on any atom is -0.495 e. The van der Waals surface area contributed by atoms with Crippen LogP contribution in [0.5, 0.6) is 5.75 Å². The molecule has 2 N–H and O–H groups in total. The van der Waals surface area contributed by atoms with E-state index in [2.05, 4.69) is 23.6 Å². The van der Waals surface area contributed by atoms with Crippen LogP contribution in [-0.4, -0.2) is 31.6 Å². The zero-order valence-corrected chi connectivity index (χ0v) is 21.9. The van der Waals surface area contributed by atoms with Gasteiger partial charge in [0.15, 0.2) is 5.03 Å². The monoisotopic (exact) mass is 554 g/mol. The predicted octanol–water partition coefficient (Wildman–Crippen LogP) is 6.42. The Bertz CT molecular complexity index is 1440. The Balaban J connectivity index is 1.61. The van der Waals surface area contributed by atoms with Crippen LogP contribution in [0, 0.1) is 22.9 Å². The number of sulfonamides is 1. The Morgan fingerprint density at radius 1 is 1.11 bits per heavy atom. The van der Waals surface area contributed by atoms with Crippen molar-refractivity contribution >= 4 is 33.0 Å². The van der Waals surface area contributed by atoms with Gasteiger partial charge in [-0.1, -0.05) is 13.8 Å². The predicted molar refractivity (Wildman–Crippen MR) is 133 cm³/mol. The van der Waals surface area contributed by atoms with Crippen molar-refractivity contribution in [2.45, 2.75) is 50.5 Å². The first-order valence-corrected chi connectivity index (χ1v) is 13.8. The van der Waals surface area contributed by atoms with E-state index < -0.39 is 49.6 Å². The molecule has 1 aliphatic carbocycles. The lowest BCUT2D eigenvalue weighted by atomic mass is 9.71. The molecule has 1 saturated carbocycles. The summed E-state index contributed by atoms with van der Waals surface area (Å²) in [5.74, 6) is -4.60. The summed E-state index contributed by atoms with van der Waals surface area (Å²) in [6.07, 6.45) is 3.57. The summed E-state index contributed by atoms with van der Waals surface area (Å²) < 4.78 is 77.1. The Hall–Kier alpha value is -3.12. The maximum absolute atomic E-state index is 15.1. The average Bonchev–Trinajstić information content (AvgIpc) is 3.29. The minimum absolute atomic E-state index is 0.0467. The summed E-state index contributed by atoms with van der Waals surface area (Å²) in [6, 6.07) is 4.07. The molecule has 0 amide bonds. The number of carboxylic acids is 1. The minimum atomic E-state index is -4.43. The Morgan fingerprint density at radius 3 is 2.30 bits per heavy atom. The summed E-state index contributed by atoms with van der Waals surface area (Å²) in [5.41, 5.74) is -0.725. The fourth-order valence-corrected chi connectivity index (χ4v) is 6.63. The van der Waals surface area contributed by atoms with Gasteiger partial charge in [-0.25, -0.2) is 22.9 Å². The van der Waals surface area contributed by atoms with Crippen molar-refractivity contribution in [2.75, 3.05) is 11.8 Å². The molecule has 37 heavy (non-hydrogen) atoms. The van der Waals surface area contributed by atoms with Crippen molar-refractivity contribution < 1.29 is 36.2 Å². The third-order valence-electron chi connectivity index (χ3n) is 6.61. The maximum atomic E-state index is 15.1. The maximum Gasteiger partial charge on any atom is 0.338 e. The van der Waals surface area contributed by atoms with E-state index in [-0.39, 0.29) is 27.8 Å². The van der Waals surface area contributed by atoms with E-state index in [4.69, 9.17) is 9.84 Å². The second-order valence-electron chi connectivity index (χ2n) is 9.73. The molecule has 0 saturated heterocycles. The van der Waals surface area contributed by atoms with Gasteiger partial charge < -0.3 is 9.84 Å². The molecule has 2 aromatic carbocycles. The number of rotatable bonds is 7. The molecule has 0 unspecified atom stereocenters. The number of aromatic carboxylic acids is 1. The lowest BCUT2D eigenvalue weighted by Crippen LogP contribution is -2.20. The zero-order valence-electron chi connectivity index (χ0n) is 20.3. The summed E-state index contributed by atoms with van der Waals surface area (Å²) in [5, 5.41) is 9.43. The number of hydrogen-bond donors (Lipinski definition) is 2. The van der Waals surface area contributed by atoms with Crippen LogP contribution in [-0.2, 0) is 10.0 Å². The average molecular weight is 555 g/mol. The molecule has 198 valence electrons. The number of carboxylic acid groups (broad SMARTS) is 1. The molecular weight excluding hydrogens is 529 g/mol. The van der Waals surface area contributed by atoms with Crippen molar-refractivity contribution in [2.24, 2.45) is 5.41 Å². The highest BCUT2D eigenvalue weighted by molar-refractivity contribution is 7.92. The highest BCUT2D eigenvalue weighted by atomic mass is 32.2. The third kappa shape index (κ3) is 5.59. The molecule has 1 heterocycles. The fraction of sp³-hybridized carbons (Fsp3) is 0.360. The molecule has 0 aliphatic heterocycles. The summed E-state index contributed by atoms with van der Waals surface area (Å²) in [7, 11) is -3.28. The van der Waals surface area contributed by atoms with Gasteiger partial charge in [0.1, 0.15) is 28.2 Å². The largest absolute Gasteiger partial charge is 0.495 e. The first-order chi connectivity index (χ1) is 17.3. The number of hydrogen-bond acceptors (Lipinski definition) is 6.